The van der Waals surface area contributed by atoms with Gasteiger partial charge in [0.15, 0.2) is 0 Å². The molecule has 0 amide bonds. The maximum Gasteiger partial charge on any atom is 0.460 e. The van der Waals surface area contributed by atoms with Crippen LogP contribution in [0.2, 0.25) is 0 Å². The average Bonchev–Trinajstić information content (AvgIpc) is 2.49. The third-order valence-electron chi connectivity index (χ3n) is 3.69. The van der Waals surface area contributed by atoms with Crippen molar-refractivity contribution >= 4 is 0 Å². The molecule has 0 aromatic heterocycles. The molecule has 0 aromatic carbocycles. The van der Waals surface area contributed by atoms with Gasteiger partial charge in [-0.3, -0.25) is 0 Å². The Balaban J connectivity index is 5.67. The van der Waals surface area contributed by atoms with E-state index >= 15 is 0 Å². The van der Waals surface area contributed by atoms with E-state index in [-0.39, 0.29) is 25.9 Å². The number of aliphatic hydroxyl groups excluding tert-OH is 2. The van der Waals surface area contributed by atoms with Crippen molar-refractivity contribution in [1.82, 2.24) is 0 Å². The second-order valence-electron chi connectivity index (χ2n) is 5.93. The normalized spacial score (nSPS) is 16.4. The number of unbranched alkanes of at least 4 members (excludes halogenated alkanes) is 2. The van der Waals surface area contributed by atoms with E-state index in [0.29, 0.717) is 0 Å². The van der Waals surface area contributed by atoms with Gasteiger partial charge in [-0.2, -0.15) is 57.1 Å². The summed E-state index contributed by atoms with van der Waals surface area (Å²) >= 11 is 0. The SMILES string of the molecule is OCCCCCC(O)CC(F)(F)C(F)(F)C(F)(F)C(F)(F)C(F)(F)C(F)(F)F. The largest absolute Gasteiger partial charge is 0.460 e. The zero-order chi connectivity index (χ0) is 22.8. The molecular weight excluding hydrogens is 435 g/mol. The molecule has 0 aromatic rings. The van der Waals surface area contributed by atoms with Gasteiger partial charge < -0.3 is 10.2 Å². The fourth-order valence-corrected chi connectivity index (χ4v) is 2.00. The quantitative estimate of drug-likeness (QED) is 0.343. The van der Waals surface area contributed by atoms with Crippen molar-refractivity contribution in [1.29, 1.82) is 0 Å². The molecule has 170 valence electrons. The van der Waals surface area contributed by atoms with Gasteiger partial charge in [-0.25, -0.2) is 0 Å². The lowest BCUT2D eigenvalue weighted by molar-refractivity contribution is -0.440. The van der Waals surface area contributed by atoms with Gasteiger partial charge in [-0.15, -0.1) is 0 Å². The summed E-state index contributed by atoms with van der Waals surface area (Å²) in [6.45, 7) is -0.362. The van der Waals surface area contributed by atoms with Crippen LogP contribution in [0.25, 0.3) is 0 Å². The molecule has 1 unspecified atom stereocenters. The van der Waals surface area contributed by atoms with Crippen molar-refractivity contribution in [2.45, 2.75) is 74.0 Å². The average molecular weight is 450 g/mol. The van der Waals surface area contributed by atoms with E-state index in [0.717, 1.165) is 0 Å². The van der Waals surface area contributed by atoms with Crippen molar-refractivity contribution in [3.05, 3.63) is 0 Å². The summed E-state index contributed by atoms with van der Waals surface area (Å²) in [5, 5.41) is 17.6. The molecule has 0 aliphatic heterocycles. The standard InChI is InChI=1S/C13H15F13O2/c14-8(15,6-7(28)4-2-1-3-5-27)9(16,17)10(18,19)11(20,21)12(22,23)13(24,25)26/h7,27-28H,1-6H2. The van der Waals surface area contributed by atoms with Gasteiger partial charge in [-0.05, 0) is 12.8 Å². The van der Waals surface area contributed by atoms with Crippen LogP contribution in [0.5, 0.6) is 0 Å². The Kier molecular flexibility index (Phi) is 8.10. The summed E-state index contributed by atoms with van der Waals surface area (Å²) in [6.07, 6.45) is -13.3. The number of aliphatic hydroxyl groups is 2. The van der Waals surface area contributed by atoms with Gasteiger partial charge in [0.1, 0.15) is 0 Å². The van der Waals surface area contributed by atoms with E-state index in [1.165, 1.54) is 0 Å². The fraction of sp³-hybridized carbons (Fsp3) is 1.00. The van der Waals surface area contributed by atoms with Crippen molar-refractivity contribution in [3.63, 3.8) is 0 Å². The van der Waals surface area contributed by atoms with E-state index in [1.807, 2.05) is 0 Å². The van der Waals surface area contributed by atoms with Crippen LogP contribution in [0.4, 0.5) is 57.1 Å². The van der Waals surface area contributed by atoms with E-state index in [4.69, 9.17) is 10.2 Å². The predicted molar refractivity (Wildman–Crippen MR) is 67.0 cm³/mol. The van der Waals surface area contributed by atoms with Crippen LogP contribution in [-0.2, 0) is 0 Å². The molecule has 1 atom stereocenters. The molecule has 0 spiro atoms. The lowest BCUT2D eigenvalue weighted by Crippen LogP contribution is -2.70. The first-order chi connectivity index (χ1) is 12.2. The van der Waals surface area contributed by atoms with E-state index in [2.05, 4.69) is 0 Å². The molecule has 0 saturated carbocycles. The highest BCUT2D eigenvalue weighted by molar-refractivity contribution is 5.10. The molecule has 2 nitrogen and oxygen atoms in total. The van der Waals surface area contributed by atoms with Gasteiger partial charge in [0.2, 0.25) is 0 Å². The third-order valence-corrected chi connectivity index (χ3v) is 3.69. The first kappa shape index (κ1) is 27.0. The van der Waals surface area contributed by atoms with Crippen molar-refractivity contribution < 1.29 is 67.3 Å². The van der Waals surface area contributed by atoms with Crippen LogP contribution in [-0.4, -0.2) is 58.7 Å². The van der Waals surface area contributed by atoms with Gasteiger partial charge in [0, 0.05) is 13.0 Å². The van der Waals surface area contributed by atoms with Gasteiger partial charge >= 0.3 is 35.8 Å². The molecule has 0 aliphatic rings. The predicted octanol–water partition coefficient (Wildman–Crippen LogP) is 5.03. The minimum Gasteiger partial charge on any atom is -0.396 e. The smallest absolute Gasteiger partial charge is 0.396 e. The van der Waals surface area contributed by atoms with Gasteiger partial charge in [0.05, 0.1) is 6.10 Å². The van der Waals surface area contributed by atoms with Gasteiger partial charge in [0.25, 0.3) is 0 Å². The number of hydrogen-bond acceptors (Lipinski definition) is 2. The highest BCUT2D eigenvalue weighted by Gasteiger charge is 2.90. The summed E-state index contributed by atoms with van der Waals surface area (Å²) in [4.78, 5) is 0. The molecule has 0 fully saturated rings. The molecule has 0 heterocycles. The Morgan fingerprint density at radius 2 is 1.00 bits per heavy atom. The monoisotopic (exact) mass is 450 g/mol. The maximum atomic E-state index is 13.4. The Bertz CT molecular complexity index is 501. The lowest BCUT2D eigenvalue weighted by atomic mass is 9.90. The molecule has 28 heavy (non-hydrogen) atoms. The van der Waals surface area contributed by atoms with Crippen LogP contribution < -0.4 is 0 Å². The third kappa shape index (κ3) is 4.76. The molecule has 0 radical (unpaired) electrons. The summed E-state index contributed by atoms with van der Waals surface area (Å²) in [6, 6.07) is 0. The van der Waals surface area contributed by atoms with Crippen molar-refractivity contribution in [3.8, 4) is 0 Å². The number of hydrogen-bond donors (Lipinski definition) is 2. The van der Waals surface area contributed by atoms with Crippen LogP contribution in [0.3, 0.4) is 0 Å². The number of halogens is 13. The minimum absolute atomic E-state index is 0.0710. The number of alkyl halides is 13. The summed E-state index contributed by atoms with van der Waals surface area (Å²) in [5.41, 5.74) is 0. The first-order valence-electron chi connectivity index (χ1n) is 7.45. The summed E-state index contributed by atoms with van der Waals surface area (Å²) < 4.78 is 167. The zero-order valence-electron chi connectivity index (χ0n) is 13.6. The topological polar surface area (TPSA) is 40.5 Å². The summed E-state index contributed by atoms with van der Waals surface area (Å²) in [5.74, 6) is -37.2. The highest BCUT2D eigenvalue weighted by Crippen LogP contribution is 2.60. The van der Waals surface area contributed by atoms with Crippen LogP contribution in [0, 0.1) is 0 Å². The second kappa shape index (κ2) is 8.40. The maximum absolute atomic E-state index is 13.4. The minimum atomic E-state index is -7.93. The fourth-order valence-electron chi connectivity index (χ4n) is 2.00. The molecule has 0 rings (SSSR count). The lowest BCUT2D eigenvalue weighted by Gasteiger charge is -2.40. The first-order valence-corrected chi connectivity index (χ1v) is 7.45. The zero-order valence-corrected chi connectivity index (χ0v) is 13.6. The number of rotatable bonds is 11. The Morgan fingerprint density at radius 1 is 0.571 bits per heavy atom. The molecule has 2 N–H and O–H groups in total. The molecule has 15 heteroatoms. The Labute approximate surface area is 149 Å². The molecular formula is C13H15F13O2. The van der Waals surface area contributed by atoms with Crippen molar-refractivity contribution in [2.24, 2.45) is 0 Å². The van der Waals surface area contributed by atoms with Crippen molar-refractivity contribution in [2.75, 3.05) is 6.61 Å². The molecule has 0 aliphatic carbocycles. The van der Waals surface area contributed by atoms with E-state index < -0.39 is 54.7 Å². The Hall–Kier alpha value is -0.990. The van der Waals surface area contributed by atoms with E-state index in [1.54, 1.807) is 0 Å². The summed E-state index contributed by atoms with van der Waals surface area (Å²) in [7, 11) is 0. The van der Waals surface area contributed by atoms with Gasteiger partial charge in [-0.1, -0.05) is 12.8 Å². The van der Waals surface area contributed by atoms with E-state index in [9.17, 15) is 57.1 Å². The molecule has 0 saturated heterocycles. The highest BCUT2D eigenvalue weighted by atomic mass is 19.4. The second-order valence-corrected chi connectivity index (χ2v) is 5.93. The van der Waals surface area contributed by atoms with Crippen LogP contribution in [0.15, 0.2) is 0 Å². The molecule has 0 bridgehead atoms. The Morgan fingerprint density at radius 3 is 1.39 bits per heavy atom. The van der Waals surface area contributed by atoms with Crippen LogP contribution >= 0.6 is 0 Å². The van der Waals surface area contributed by atoms with Crippen LogP contribution in [0.1, 0.15) is 32.1 Å².